The van der Waals surface area contributed by atoms with Gasteiger partial charge in [-0.05, 0) is 43.9 Å². The highest BCUT2D eigenvalue weighted by atomic mass is 79.9. The van der Waals surface area contributed by atoms with Gasteiger partial charge >= 0.3 is 6.03 Å². The van der Waals surface area contributed by atoms with Crippen molar-refractivity contribution in [1.82, 2.24) is 10.2 Å². The van der Waals surface area contributed by atoms with E-state index in [1.165, 1.54) is 0 Å². The van der Waals surface area contributed by atoms with Crippen molar-refractivity contribution >= 4 is 33.6 Å². The minimum atomic E-state index is -0.0907. The lowest BCUT2D eigenvalue weighted by molar-refractivity contribution is -0.127. The fourth-order valence-corrected chi connectivity index (χ4v) is 4.47. The Bertz CT molecular complexity index is 637. The average Bonchev–Trinajstić information content (AvgIpc) is 2.66. The molecule has 3 rings (SSSR count). The average molecular weight is 422 g/mol. The number of fused-ring (bicyclic) bond motifs is 1. The lowest BCUT2D eigenvalue weighted by Gasteiger charge is -2.39. The van der Waals surface area contributed by atoms with Crippen LogP contribution in [0.1, 0.15) is 51.4 Å². The van der Waals surface area contributed by atoms with E-state index >= 15 is 0 Å². The van der Waals surface area contributed by atoms with Gasteiger partial charge in [-0.2, -0.15) is 0 Å². The summed E-state index contributed by atoms with van der Waals surface area (Å²) >= 11 is 3.44. The van der Waals surface area contributed by atoms with Gasteiger partial charge in [-0.3, -0.25) is 4.79 Å². The summed E-state index contributed by atoms with van der Waals surface area (Å²) < 4.78 is 0.933. The molecule has 2 atom stereocenters. The van der Waals surface area contributed by atoms with Crippen LogP contribution in [0, 0.1) is 5.92 Å². The minimum Gasteiger partial charge on any atom is -0.356 e. The van der Waals surface area contributed by atoms with Crippen molar-refractivity contribution < 1.29 is 9.59 Å². The van der Waals surface area contributed by atoms with E-state index in [4.69, 9.17) is 0 Å². The second kappa shape index (κ2) is 9.40. The number of hydrogen-bond donors (Lipinski definition) is 2. The molecule has 5 nitrogen and oxygen atoms in total. The molecule has 142 valence electrons. The molecule has 2 fully saturated rings. The van der Waals surface area contributed by atoms with Crippen molar-refractivity contribution in [1.29, 1.82) is 0 Å². The van der Waals surface area contributed by atoms with Gasteiger partial charge in [0.05, 0.1) is 5.92 Å². The van der Waals surface area contributed by atoms with Crippen molar-refractivity contribution in [2.24, 2.45) is 5.92 Å². The van der Waals surface area contributed by atoms with E-state index in [1.54, 1.807) is 0 Å². The summed E-state index contributed by atoms with van der Waals surface area (Å²) in [4.78, 5) is 27.7. The summed E-state index contributed by atoms with van der Waals surface area (Å²) in [5.74, 6) is 0.0342. The summed E-state index contributed by atoms with van der Waals surface area (Å²) in [6, 6.07) is 7.53. The first-order chi connectivity index (χ1) is 12.6. The third-order valence-electron chi connectivity index (χ3n) is 5.43. The van der Waals surface area contributed by atoms with E-state index < -0.39 is 0 Å². The molecule has 1 aromatic carbocycles. The molecule has 2 N–H and O–H groups in total. The maximum absolute atomic E-state index is 13.1. The van der Waals surface area contributed by atoms with E-state index in [1.807, 2.05) is 29.2 Å². The van der Waals surface area contributed by atoms with E-state index in [0.29, 0.717) is 6.54 Å². The van der Waals surface area contributed by atoms with E-state index in [2.05, 4.69) is 26.6 Å². The van der Waals surface area contributed by atoms with Crippen LogP contribution in [0.2, 0.25) is 0 Å². The molecular formula is C20H28BrN3O2. The normalized spacial score (nSPS) is 24.8. The van der Waals surface area contributed by atoms with Crippen LogP contribution in [0.25, 0.3) is 0 Å². The number of rotatable bonds is 1. The number of carbonyl (C=O) groups is 2. The van der Waals surface area contributed by atoms with Gasteiger partial charge in [0.1, 0.15) is 0 Å². The molecule has 0 spiro atoms. The Kier molecular flexibility index (Phi) is 6.94. The lowest BCUT2D eigenvalue weighted by Crippen LogP contribution is -2.52. The van der Waals surface area contributed by atoms with E-state index in [9.17, 15) is 9.59 Å². The zero-order valence-corrected chi connectivity index (χ0v) is 16.8. The summed E-state index contributed by atoms with van der Waals surface area (Å²) in [6.45, 7) is 1.47. The number of nitrogens with one attached hydrogen (secondary N) is 2. The Morgan fingerprint density at radius 1 is 1.12 bits per heavy atom. The predicted octanol–water partition coefficient (Wildman–Crippen LogP) is 4.53. The number of urea groups is 1. The van der Waals surface area contributed by atoms with Gasteiger partial charge in [0.25, 0.3) is 0 Å². The van der Waals surface area contributed by atoms with Crippen molar-refractivity contribution in [3.8, 4) is 0 Å². The standard InChI is InChI=1S/C20H28BrN3O2/c21-15-8-7-9-16(14-15)23-20(26)24-13-6-2-1-5-12-22-19(25)17-10-3-4-11-18(17)24/h7-9,14,17-18H,1-6,10-13H2,(H,22,25)(H,23,26). The third-order valence-corrected chi connectivity index (χ3v) is 5.92. The van der Waals surface area contributed by atoms with Gasteiger partial charge < -0.3 is 15.5 Å². The third kappa shape index (κ3) is 5.00. The summed E-state index contributed by atoms with van der Waals surface area (Å²) in [7, 11) is 0. The monoisotopic (exact) mass is 421 g/mol. The van der Waals surface area contributed by atoms with Crippen molar-refractivity contribution in [3.63, 3.8) is 0 Å². The fraction of sp³-hybridized carbons (Fsp3) is 0.600. The van der Waals surface area contributed by atoms with Crippen LogP contribution in [0.3, 0.4) is 0 Å². The first kappa shape index (κ1) is 19.2. The summed E-state index contributed by atoms with van der Waals surface area (Å²) in [5, 5.41) is 6.12. The smallest absolute Gasteiger partial charge is 0.322 e. The van der Waals surface area contributed by atoms with Crippen molar-refractivity contribution in [3.05, 3.63) is 28.7 Å². The summed E-state index contributed by atoms with van der Waals surface area (Å²) in [5.41, 5.74) is 0.774. The Morgan fingerprint density at radius 2 is 1.92 bits per heavy atom. The quantitative estimate of drug-likeness (QED) is 0.699. The Balaban J connectivity index is 1.79. The number of amides is 3. The zero-order valence-electron chi connectivity index (χ0n) is 15.2. The van der Waals surface area contributed by atoms with Gasteiger partial charge in [0.2, 0.25) is 5.91 Å². The largest absolute Gasteiger partial charge is 0.356 e. The van der Waals surface area contributed by atoms with E-state index in [0.717, 1.165) is 68.1 Å². The molecule has 1 saturated heterocycles. The number of hydrogen-bond acceptors (Lipinski definition) is 2. The SMILES string of the molecule is O=C1NCCCCCCN(C(=O)Nc2cccc(Br)c2)C2CCCCC12. The number of halogens is 1. The highest BCUT2D eigenvalue weighted by Crippen LogP contribution is 2.30. The molecule has 2 aliphatic rings. The highest BCUT2D eigenvalue weighted by molar-refractivity contribution is 9.10. The molecule has 2 unspecified atom stereocenters. The maximum atomic E-state index is 13.1. The van der Waals surface area contributed by atoms with E-state index in [-0.39, 0.29) is 23.9 Å². The van der Waals surface area contributed by atoms with Crippen LogP contribution >= 0.6 is 15.9 Å². The van der Waals surface area contributed by atoms with Crippen molar-refractivity contribution in [2.45, 2.75) is 57.4 Å². The minimum absolute atomic E-state index is 0.00555. The van der Waals surface area contributed by atoms with Crippen LogP contribution in [0.5, 0.6) is 0 Å². The molecule has 3 amide bonds. The van der Waals surface area contributed by atoms with Gasteiger partial charge in [0.15, 0.2) is 0 Å². The van der Waals surface area contributed by atoms with Gasteiger partial charge in [0, 0.05) is 29.3 Å². The Labute approximate surface area is 164 Å². The zero-order chi connectivity index (χ0) is 18.4. The molecular weight excluding hydrogens is 394 g/mol. The maximum Gasteiger partial charge on any atom is 0.322 e. The topological polar surface area (TPSA) is 61.4 Å². The van der Waals surface area contributed by atoms with Gasteiger partial charge in [-0.25, -0.2) is 4.79 Å². The fourth-order valence-electron chi connectivity index (χ4n) is 4.07. The molecule has 0 radical (unpaired) electrons. The lowest BCUT2D eigenvalue weighted by atomic mass is 9.82. The van der Waals surface area contributed by atoms with Crippen LogP contribution in [0.15, 0.2) is 28.7 Å². The number of benzene rings is 1. The molecule has 0 bridgehead atoms. The van der Waals surface area contributed by atoms with Crippen LogP contribution < -0.4 is 10.6 Å². The van der Waals surface area contributed by atoms with Gasteiger partial charge in [-0.15, -0.1) is 0 Å². The second-order valence-electron chi connectivity index (χ2n) is 7.30. The summed E-state index contributed by atoms with van der Waals surface area (Å²) in [6.07, 6.45) is 8.12. The second-order valence-corrected chi connectivity index (χ2v) is 8.21. The predicted molar refractivity (Wildman–Crippen MR) is 107 cm³/mol. The Hall–Kier alpha value is -1.56. The van der Waals surface area contributed by atoms with Crippen LogP contribution in [-0.2, 0) is 4.79 Å². The van der Waals surface area contributed by atoms with Crippen molar-refractivity contribution in [2.75, 3.05) is 18.4 Å². The molecule has 1 aromatic rings. The first-order valence-electron chi connectivity index (χ1n) is 9.76. The number of carbonyl (C=O) groups excluding carboxylic acids is 2. The van der Waals surface area contributed by atoms with Crippen LogP contribution in [0.4, 0.5) is 10.5 Å². The number of nitrogens with zero attached hydrogens (tertiary/aromatic N) is 1. The molecule has 1 saturated carbocycles. The molecule has 1 aliphatic heterocycles. The molecule has 0 aromatic heterocycles. The molecule has 1 aliphatic carbocycles. The van der Waals surface area contributed by atoms with Gasteiger partial charge in [-0.1, -0.05) is 47.7 Å². The molecule has 26 heavy (non-hydrogen) atoms. The first-order valence-corrected chi connectivity index (χ1v) is 10.6. The molecule has 6 heteroatoms. The molecule has 1 heterocycles. The highest BCUT2D eigenvalue weighted by Gasteiger charge is 2.37. The Morgan fingerprint density at radius 3 is 2.77 bits per heavy atom. The number of anilines is 1. The van der Waals surface area contributed by atoms with Crippen LogP contribution in [-0.4, -0.2) is 36.0 Å².